The van der Waals surface area contributed by atoms with Crippen molar-refractivity contribution in [2.45, 2.75) is 6.42 Å². The molecule has 19 heavy (non-hydrogen) atoms. The number of halogens is 1. The average Bonchev–Trinajstić information content (AvgIpc) is 2.94. The van der Waals surface area contributed by atoms with E-state index in [1.54, 1.807) is 6.20 Å². The van der Waals surface area contributed by atoms with Crippen LogP contribution in [-0.4, -0.2) is 29.2 Å². The van der Waals surface area contributed by atoms with Crippen molar-refractivity contribution in [3.05, 3.63) is 46.1 Å². The molecule has 0 bridgehead atoms. The summed E-state index contributed by atoms with van der Waals surface area (Å²) in [7, 11) is 0. The van der Waals surface area contributed by atoms with Crippen molar-refractivity contribution < 1.29 is 14.3 Å². The number of carbonyl (C=O) groups is 1. The van der Waals surface area contributed by atoms with E-state index >= 15 is 0 Å². The summed E-state index contributed by atoms with van der Waals surface area (Å²) in [5.74, 6) is 0.593. The first-order valence-corrected chi connectivity index (χ1v) is 6.88. The SMILES string of the molecule is O=C(OCCCOc1ccc(I)cc1)c1ncc[nH]1. The van der Waals surface area contributed by atoms with Crippen molar-refractivity contribution >= 4 is 28.6 Å². The summed E-state index contributed by atoms with van der Waals surface area (Å²) in [6, 6.07) is 7.78. The van der Waals surface area contributed by atoms with Crippen LogP contribution in [0.3, 0.4) is 0 Å². The largest absolute Gasteiger partial charge is 0.493 e. The van der Waals surface area contributed by atoms with Gasteiger partial charge in [-0.3, -0.25) is 0 Å². The van der Waals surface area contributed by atoms with Gasteiger partial charge in [0.15, 0.2) is 0 Å². The molecule has 0 spiro atoms. The zero-order valence-electron chi connectivity index (χ0n) is 10.1. The summed E-state index contributed by atoms with van der Waals surface area (Å²) in [6.07, 6.45) is 3.73. The van der Waals surface area contributed by atoms with E-state index in [1.165, 1.54) is 6.20 Å². The first-order chi connectivity index (χ1) is 9.25. The van der Waals surface area contributed by atoms with Crippen molar-refractivity contribution in [2.75, 3.05) is 13.2 Å². The molecule has 0 aliphatic heterocycles. The number of esters is 1. The highest BCUT2D eigenvalue weighted by Gasteiger charge is 2.08. The van der Waals surface area contributed by atoms with Crippen LogP contribution in [-0.2, 0) is 4.74 Å². The highest BCUT2D eigenvalue weighted by molar-refractivity contribution is 14.1. The van der Waals surface area contributed by atoms with Crippen molar-refractivity contribution in [3.63, 3.8) is 0 Å². The Kier molecular flexibility index (Phi) is 5.20. The number of hydrogen-bond donors (Lipinski definition) is 1. The number of aromatic nitrogens is 2. The summed E-state index contributed by atoms with van der Waals surface area (Å²) < 4.78 is 11.7. The smallest absolute Gasteiger partial charge is 0.374 e. The molecule has 5 nitrogen and oxygen atoms in total. The predicted octanol–water partition coefficient (Wildman–Crippen LogP) is 2.64. The van der Waals surface area contributed by atoms with Crippen LogP contribution in [0.1, 0.15) is 17.0 Å². The third-order valence-electron chi connectivity index (χ3n) is 2.30. The first-order valence-electron chi connectivity index (χ1n) is 5.80. The second kappa shape index (κ2) is 7.13. The molecular formula is C13H13IN2O3. The second-order valence-corrected chi connectivity index (χ2v) is 4.98. The molecule has 1 aromatic heterocycles. The fraction of sp³-hybridized carbons (Fsp3) is 0.231. The third-order valence-corrected chi connectivity index (χ3v) is 3.01. The molecule has 1 aromatic carbocycles. The third kappa shape index (κ3) is 4.55. The Morgan fingerprint density at radius 1 is 1.26 bits per heavy atom. The molecule has 0 saturated heterocycles. The minimum Gasteiger partial charge on any atom is -0.493 e. The predicted molar refractivity (Wildman–Crippen MR) is 78.1 cm³/mol. The van der Waals surface area contributed by atoms with Crippen LogP contribution in [0.15, 0.2) is 36.7 Å². The lowest BCUT2D eigenvalue weighted by Gasteiger charge is -2.06. The number of imidazole rings is 1. The molecule has 2 aromatic rings. The second-order valence-electron chi connectivity index (χ2n) is 3.73. The highest BCUT2D eigenvalue weighted by atomic mass is 127. The first kappa shape index (κ1) is 13.9. The van der Waals surface area contributed by atoms with E-state index in [0.717, 1.165) is 9.32 Å². The lowest BCUT2D eigenvalue weighted by Crippen LogP contribution is -2.10. The van der Waals surface area contributed by atoms with Gasteiger partial charge in [0.05, 0.1) is 13.2 Å². The lowest BCUT2D eigenvalue weighted by molar-refractivity contribution is 0.0473. The van der Waals surface area contributed by atoms with Gasteiger partial charge in [0.2, 0.25) is 5.82 Å². The average molecular weight is 372 g/mol. The Morgan fingerprint density at radius 2 is 2.05 bits per heavy atom. The summed E-state index contributed by atoms with van der Waals surface area (Å²) in [6.45, 7) is 0.815. The monoisotopic (exact) mass is 372 g/mol. The topological polar surface area (TPSA) is 64.2 Å². The molecule has 0 aliphatic carbocycles. The van der Waals surface area contributed by atoms with E-state index < -0.39 is 5.97 Å². The number of benzene rings is 1. The maximum Gasteiger partial charge on any atom is 0.374 e. The van der Waals surface area contributed by atoms with Gasteiger partial charge in [-0.05, 0) is 46.9 Å². The molecule has 0 unspecified atom stereocenters. The molecule has 0 radical (unpaired) electrons. The molecule has 1 N–H and O–H groups in total. The van der Waals surface area contributed by atoms with E-state index in [-0.39, 0.29) is 5.82 Å². The lowest BCUT2D eigenvalue weighted by atomic mass is 10.3. The van der Waals surface area contributed by atoms with Crippen molar-refractivity contribution in [3.8, 4) is 5.75 Å². The molecule has 6 heteroatoms. The number of nitrogens with zero attached hydrogens (tertiary/aromatic N) is 1. The molecule has 0 fully saturated rings. The van der Waals surface area contributed by atoms with E-state index in [4.69, 9.17) is 9.47 Å². The van der Waals surface area contributed by atoms with Crippen LogP contribution >= 0.6 is 22.6 Å². The van der Waals surface area contributed by atoms with Crippen molar-refractivity contribution in [1.82, 2.24) is 9.97 Å². The number of carbonyl (C=O) groups excluding carboxylic acids is 1. The van der Waals surface area contributed by atoms with Crippen LogP contribution in [0.4, 0.5) is 0 Å². The van der Waals surface area contributed by atoms with Gasteiger partial charge in [-0.1, -0.05) is 0 Å². The fourth-order valence-corrected chi connectivity index (χ4v) is 1.75. The number of H-pyrrole nitrogens is 1. The van der Waals surface area contributed by atoms with Crippen molar-refractivity contribution in [2.24, 2.45) is 0 Å². The van der Waals surface area contributed by atoms with Gasteiger partial charge >= 0.3 is 5.97 Å². The van der Waals surface area contributed by atoms with Crippen LogP contribution in [0.2, 0.25) is 0 Å². The Balaban J connectivity index is 1.62. The summed E-state index contributed by atoms with van der Waals surface area (Å²) in [4.78, 5) is 17.9. The molecule has 0 saturated carbocycles. The molecule has 1 heterocycles. The van der Waals surface area contributed by atoms with E-state index in [0.29, 0.717) is 19.6 Å². The standard InChI is InChI=1S/C13H13IN2O3/c14-10-2-4-11(5-3-10)18-8-1-9-19-13(17)12-15-6-7-16-12/h2-7H,1,8-9H2,(H,15,16). The number of aromatic amines is 1. The minimum absolute atomic E-state index is 0.221. The molecule has 0 atom stereocenters. The normalized spacial score (nSPS) is 10.2. The van der Waals surface area contributed by atoms with Gasteiger partial charge in [0.1, 0.15) is 5.75 Å². The Bertz CT molecular complexity index is 511. The number of rotatable bonds is 6. The maximum atomic E-state index is 11.4. The fourth-order valence-electron chi connectivity index (χ4n) is 1.39. The zero-order chi connectivity index (χ0) is 13.5. The Hall–Kier alpha value is -1.57. The molecule has 2 rings (SSSR count). The summed E-state index contributed by atoms with van der Waals surface area (Å²) in [5.41, 5.74) is 0. The molecule has 0 aliphatic rings. The van der Waals surface area contributed by atoms with Crippen LogP contribution in [0.25, 0.3) is 0 Å². The Labute approximate surface area is 124 Å². The van der Waals surface area contributed by atoms with Gasteiger partial charge < -0.3 is 14.5 Å². The molecule has 0 amide bonds. The number of ether oxygens (including phenoxy) is 2. The molecule has 100 valence electrons. The van der Waals surface area contributed by atoms with Crippen molar-refractivity contribution in [1.29, 1.82) is 0 Å². The van der Waals surface area contributed by atoms with Crippen LogP contribution < -0.4 is 4.74 Å². The minimum atomic E-state index is -0.445. The summed E-state index contributed by atoms with van der Waals surface area (Å²) in [5, 5.41) is 0. The molecular weight excluding hydrogens is 359 g/mol. The van der Waals surface area contributed by atoms with Gasteiger partial charge in [0.25, 0.3) is 0 Å². The van der Waals surface area contributed by atoms with E-state index in [2.05, 4.69) is 32.6 Å². The van der Waals surface area contributed by atoms with E-state index in [1.807, 2.05) is 24.3 Å². The summed E-state index contributed by atoms with van der Waals surface area (Å²) >= 11 is 2.24. The Morgan fingerprint density at radius 3 is 2.74 bits per heavy atom. The quantitative estimate of drug-likeness (QED) is 0.481. The number of hydrogen-bond acceptors (Lipinski definition) is 4. The van der Waals surface area contributed by atoms with Gasteiger partial charge in [-0.25, -0.2) is 9.78 Å². The number of nitrogens with one attached hydrogen (secondary N) is 1. The van der Waals surface area contributed by atoms with E-state index in [9.17, 15) is 4.79 Å². The van der Waals surface area contributed by atoms with Crippen LogP contribution in [0.5, 0.6) is 5.75 Å². The van der Waals surface area contributed by atoms with Gasteiger partial charge in [-0.15, -0.1) is 0 Å². The van der Waals surface area contributed by atoms with Gasteiger partial charge in [0, 0.05) is 22.4 Å². The zero-order valence-corrected chi connectivity index (χ0v) is 12.3. The maximum absolute atomic E-state index is 11.4. The van der Waals surface area contributed by atoms with Crippen LogP contribution in [0, 0.1) is 3.57 Å². The van der Waals surface area contributed by atoms with Gasteiger partial charge in [-0.2, -0.15) is 0 Å². The highest BCUT2D eigenvalue weighted by Crippen LogP contribution is 2.13.